The van der Waals surface area contributed by atoms with E-state index in [1.165, 1.54) is 5.56 Å². The molecule has 0 radical (unpaired) electrons. The topological polar surface area (TPSA) is 20.2 Å². The van der Waals surface area contributed by atoms with Crippen LogP contribution < -0.4 is 0 Å². The van der Waals surface area contributed by atoms with Gasteiger partial charge in [-0.05, 0) is 30.9 Å². The summed E-state index contributed by atoms with van der Waals surface area (Å²) in [6.45, 7) is 1.81. The fourth-order valence-electron chi connectivity index (χ4n) is 1.43. The number of halogens is 1. The van der Waals surface area contributed by atoms with Crippen molar-refractivity contribution in [3.05, 3.63) is 35.4 Å². The SMILES string of the molecule is CC(O)c1ccccc1CCCBr. The molecule has 1 atom stereocenters. The van der Waals surface area contributed by atoms with Gasteiger partial charge >= 0.3 is 0 Å². The average Bonchev–Trinajstić information content (AvgIpc) is 2.15. The number of rotatable bonds is 4. The summed E-state index contributed by atoms with van der Waals surface area (Å²) in [6, 6.07) is 8.08. The Morgan fingerprint density at radius 2 is 2.08 bits per heavy atom. The largest absolute Gasteiger partial charge is 0.389 e. The average molecular weight is 243 g/mol. The lowest BCUT2D eigenvalue weighted by Crippen LogP contribution is -1.98. The molecule has 0 aromatic heterocycles. The molecule has 0 saturated heterocycles. The van der Waals surface area contributed by atoms with Crippen molar-refractivity contribution in [2.75, 3.05) is 5.33 Å². The Morgan fingerprint density at radius 1 is 1.38 bits per heavy atom. The van der Waals surface area contributed by atoms with Crippen molar-refractivity contribution in [2.24, 2.45) is 0 Å². The predicted octanol–water partition coefficient (Wildman–Crippen LogP) is 3.07. The lowest BCUT2D eigenvalue weighted by molar-refractivity contribution is 0.198. The van der Waals surface area contributed by atoms with Gasteiger partial charge in [-0.2, -0.15) is 0 Å². The summed E-state index contributed by atoms with van der Waals surface area (Å²) in [6.07, 6.45) is 1.79. The molecule has 0 fully saturated rings. The lowest BCUT2D eigenvalue weighted by atomic mass is 10.00. The van der Waals surface area contributed by atoms with E-state index in [-0.39, 0.29) is 6.10 Å². The van der Waals surface area contributed by atoms with Gasteiger partial charge in [-0.1, -0.05) is 40.2 Å². The second-order valence-corrected chi connectivity index (χ2v) is 3.96. The maximum atomic E-state index is 9.49. The van der Waals surface area contributed by atoms with Crippen LogP contribution in [0.2, 0.25) is 0 Å². The van der Waals surface area contributed by atoms with Crippen molar-refractivity contribution in [1.29, 1.82) is 0 Å². The van der Waals surface area contributed by atoms with Gasteiger partial charge in [0.15, 0.2) is 0 Å². The highest BCUT2D eigenvalue weighted by molar-refractivity contribution is 9.09. The first-order valence-electron chi connectivity index (χ1n) is 4.57. The van der Waals surface area contributed by atoms with Crippen molar-refractivity contribution in [3.63, 3.8) is 0 Å². The Labute approximate surface area is 87.9 Å². The minimum absolute atomic E-state index is 0.355. The molecular formula is C11H15BrO. The molecule has 1 aromatic carbocycles. The van der Waals surface area contributed by atoms with E-state index in [2.05, 4.69) is 22.0 Å². The molecule has 2 heteroatoms. The normalized spacial score (nSPS) is 12.8. The van der Waals surface area contributed by atoms with E-state index in [0.29, 0.717) is 0 Å². The van der Waals surface area contributed by atoms with E-state index < -0.39 is 0 Å². The smallest absolute Gasteiger partial charge is 0.0764 e. The summed E-state index contributed by atoms with van der Waals surface area (Å²) < 4.78 is 0. The van der Waals surface area contributed by atoms with Gasteiger partial charge in [0, 0.05) is 5.33 Å². The molecule has 0 aliphatic heterocycles. The van der Waals surface area contributed by atoms with Gasteiger partial charge in [-0.3, -0.25) is 0 Å². The molecule has 72 valence electrons. The molecule has 0 aliphatic carbocycles. The third-order valence-electron chi connectivity index (χ3n) is 2.08. The standard InChI is InChI=1S/C11H15BrO/c1-9(13)11-7-3-2-5-10(11)6-4-8-12/h2-3,5,7,9,13H,4,6,8H2,1H3. The van der Waals surface area contributed by atoms with Gasteiger partial charge in [0.2, 0.25) is 0 Å². The number of benzene rings is 1. The van der Waals surface area contributed by atoms with Crippen LogP contribution >= 0.6 is 15.9 Å². The van der Waals surface area contributed by atoms with Crippen LogP contribution in [0.15, 0.2) is 24.3 Å². The summed E-state index contributed by atoms with van der Waals surface area (Å²) in [5.74, 6) is 0. The maximum absolute atomic E-state index is 9.49. The van der Waals surface area contributed by atoms with Crippen LogP contribution in [0.1, 0.15) is 30.6 Å². The highest BCUT2D eigenvalue weighted by Gasteiger charge is 2.05. The molecule has 0 bridgehead atoms. The van der Waals surface area contributed by atoms with Gasteiger partial charge in [-0.15, -0.1) is 0 Å². The van der Waals surface area contributed by atoms with Crippen molar-refractivity contribution < 1.29 is 5.11 Å². The Morgan fingerprint density at radius 3 is 2.69 bits per heavy atom. The Bertz CT molecular complexity index is 258. The highest BCUT2D eigenvalue weighted by Crippen LogP contribution is 2.18. The zero-order chi connectivity index (χ0) is 9.68. The number of aliphatic hydroxyl groups excluding tert-OH is 1. The van der Waals surface area contributed by atoms with Crippen molar-refractivity contribution in [3.8, 4) is 0 Å². The fraction of sp³-hybridized carbons (Fsp3) is 0.455. The van der Waals surface area contributed by atoms with Crippen LogP contribution in [0.5, 0.6) is 0 Å². The van der Waals surface area contributed by atoms with Crippen LogP contribution in [-0.2, 0) is 6.42 Å². The van der Waals surface area contributed by atoms with Crippen LogP contribution in [0, 0.1) is 0 Å². The molecule has 1 unspecified atom stereocenters. The first-order chi connectivity index (χ1) is 6.25. The van der Waals surface area contributed by atoms with E-state index in [0.717, 1.165) is 23.7 Å². The highest BCUT2D eigenvalue weighted by atomic mass is 79.9. The van der Waals surface area contributed by atoms with E-state index in [9.17, 15) is 5.11 Å². The molecule has 13 heavy (non-hydrogen) atoms. The van der Waals surface area contributed by atoms with Crippen LogP contribution in [0.4, 0.5) is 0 Å². The van der Waals surface area contributed by atoms with Crippen LogP contribution in [-0.4, -0.2) is 10.4 Å². The number of hydrogen-bond acceptors (Lipinski definition) is 1. The Balaban J connectivity index is 2.78. The van der Waals surface area contributed by atoms with Gasteiger partial charge in [0.1, 0.15) is 0 Å². The van der Waals surface area contributed by atoms with Gasteiger partial charge in [0.05, 0.1) is 6.10 Å². The minimum Gasteiger partial charge on any atom is -0.389 e. The second-order valence-electron chi connectivity index (χ2n) is 3.17. The monoisotopic (exact) mass is 242 g/mol. The summed E-state index contributed by atoms with van der Waals surface area (Å²) in [7, 11) is 0. The number of hydrogen-bond donors (Lipinski definition) is 1. The predicted molar refractivity (Wildman–Crippen MR) is 59.2 cm³/mol. The fourth-order valence-corrected chi connectivity index (χ4v) is 1.71. The number of alkyl halides is 1. The third kappa shape index (κ3) is 3.12. The first-order valence-corrected chi connectivity index (χ1v) is 5.69. The zero-order valence-electron chi connectivity index (χ0n) is 7.83. The van der Waals surface area contributed by atoms with Gasteiger partial charge < -0.3 is 5.11 Å². The Kier molecular flexibility index (Phi) is 4.46. The summed E-state index contributed by atoms with van der Waals surface area (Å²) in [4.78, 5) is 0. The molecule has 0 aliphatic rings. The maximum Gasteiger partial charge on any atom is 0.0764 e. The molecule has 1 aromatic rings. The van der Waals surface area contributed by atoms with Crippen molar-refractivity contribution in [1.82, 2.24) is 0 Å². The van der Waals surface area contributed by atoms with E-state index in [4.69, 9.17) is 0 Å². The number of aliphatic hydroxyl groups is 1. The van der Waals surface area contributed by atoms with Gasteiger partial charge in [0.25, 0.3) is 0 Å². The molecule has 1 nitrogen and oxygen atoms in total. The molecule has 1 rings (SSSR count). The molecule has 0 spiro atoms. The van der Waals surface area contributed by atoms with E-state index in [1.54, 1.807) is 0 Å². The lowest BCUT2D eigenvalue weighted by Gasteiger charge is -2.10. The van der Waals surface area contributed by atoms with Crippen molar-refractivity contribution in [2.45, 2.75) is 25.9 Å². The molecule has 0 saturated carbocycles. The van der Waals surface area contributed by atoms with Crippen LogP contribution in [0.25, 0.3) is 0 Å². The van der Waals surface area contributed by atoms with E-state index >= 15 is 0 Å². The third-order valence-corrected chi connectivity index (χ3v) is 2.65. The second kappa shape index (κ2) is 5.40. The molecule has 1 N–H and O–H groups in total. The van der Waals surface area contributed by atoms with Gasteiger partial charge in [-0.25, -0.2) is 0 Å². The molecule has 0 amide bonds. The Hall–Kier alpha value is -0.340. The van der Waals surface area contributed by atoms with Crippen molar-refractivity contribution >= 4 is 15.9 Å². The van der Waals surface area contributed by atoms with E-state index in [1.807, 2.05) is 25.1 Å². The quantitative estimate of drug-likeness (QED) is 0.806. The van der Waals surface area contributed by atoms with Crippen LogP contribution in [0.3, 0.4) is 0 Å². The minimum atomic E-state index is -0.355. The zero-order valence-corrected chi connectivity index (χ0v) is 9.42. The summed E-state index contributed by atoms with van der Waals surface area (Å²) in [5.41, 5.74) is 2.32. The summed E-state index contributed by atoms with van der Waals surface area (Å²) >= 11 is 3.41. The number of aryl methyl sites for hydroxylation is 1. The first kappa shape index (κ1) is 10.7. The summed E-state index contributed by atoms with van der Waals surface area (Å²) in [5, 5.41) is 10.5. The molecular weight excluding hydrogens is 228 g/mol. The molecule has 0 heterocycles.